The van der Waals surface area contributed by atoms with Gasteiger partial charge in [-0.2, -0.15) is 0 Å². The van der Waals surface area contributed by atoms with Gasteiger partial charge in [0.1, 0.15) is 6.61 Å². The first-order valence-electron chi connectivity index (χ1n) is 8.04. The van der Waals surface area contributed by atoms with Gasteiger partial charge in [-0.3, -0.25) is 4.79 Å². The van der Waals surface area contributed by atoms with Crippen LogP contribution in [0.3, 0.4) is 0 Å². The van der Waals surface area contributed by atoms with Crippen molar-refractivity contribution in [3.8, 4) is 0 Å². The van der Waals surface area contributed by atoms with Crippen LogP contribution in [-0.2, 0) is 16.1 Å². The summed E-state index contributed by atoms with van der Waals surface area (Å²) in [6.45, 7) is 5.92. The molecular formula is C18H22N2O3. The van der Waals surface area contributed by atoms with E-state index in [1.165, 1.54) is 6.08 Å². The Kier molecular flexibility index (Phi) is 4.37. The van der Waals surface area contributed by atoms with E-state index in [2.05, 4.69) is 6.58 Å². The van der Waals surface area contributed by atoms with Gasteiger partial charge >= 0.3 is 6.09 Å². The van der Waals surface area contributed by atoms with Crippen LogP contribution < -0.4 is 0 Å². The lowest BCUT2D eigenvalue weighted by molar-refractivity contribution is -0.145. The van der Waals surface area contributed by atoms with Gasteiger partial charge in [0.25, 0.3) is 0 Å². The number of hydrogen-bond acceptors (Lipinski definition) is 3. The Labute approximate surface area is 136 Å². The number of carbonyl (C=O) groups is 2. The quantitative estimate of drug-likeness (QED) is 0.806. The first-order chi connectivity index (χ1) is 11.1. The van der Waals surface area contributed by atoms with Gasteiger partial charge in [0.2, 0.25) is 5.91 Å². The fraction of sp³-hybridized carbons (Fsp3) is 0.444. The third-order valence-electron chi connectivity index (χ3n) is 4.97. The first kappa shape index (κ1) is 15.6. The van der Waals surface area contributed by atoms with Crippen LogP contribution >= 0.6 is 0 Å². The lowest BCUT2D eigenvalue weighted by Gasteiger charge is -2.56. The average Bonchev–Trinajstić information content (AvgIpc) is 2.59. The molecule has 0 aromatic heterocycles. The van der Waals surface area contributed by atoms with Crippen LogP contribution in [-0.4, -0.2) is 47.0 Å². The second kappa shape index (κ2) is 6.44. The summed E-state index contributed by atoms with van der Waals surface area (Å²) in [5.74, 6) is -0.00338. The van der Waals surface area contributed by atoms with Gasteiger partial charge < -0.3 is 14.5 Å². The Morgan fingerprint density at radius 1 is 1.13 bits per heavy atom. The van der Waals surface area contributed by atoms with Crippen LogP contribution in [0.15, 0.2) is 43.0 Å². The van der Waals surface area contributed by atoms with Crippen LogP contribution in [0.5, 0.6) is 0 Å². The summed E-state index contributed by atoms with van der Waals surface area (Å²) < 4.78 is 5.37. The Bertz CT molecular complexity index is 592. The van der Waals surface area contributed by atoms with Crippen molar-refractivity contribution in [2.24, 2.45) is 0 Å². The molecule has 0 atom stereocenters. The fourth-order valence-electron chi connectivity index (χ4n) is 3.43. The average molecular weight is 314 g/mol. The van der Waals surface area contributed by atoms with Crippen LogP contribution in [0.1, 0.15) is 24.8 Å². The molecule has 1 aromatic carbocycles. The SMILES string of the molecule is C=CC(=O)N1CCC12CCN(C(=O)OCc1ccccc1)CC2. The van der Waals surface area contributed by atoms with E-state index in [9.17, 15) is 9.59 Å². The monoisotopic (exact) mass is 314 g/mol. The number of carbonyl (C=O) groups excluding carboxylic acids is 2. The molecule has 2 fully saturated rings. The van der Waals surface area contributed by atoms with E-state index in [1.807, 2.05) is 35.2 Å². The molecule has 23 heavy (non-hydrogen) atoms. The predicted octanol–water partition coefficient (Wildman–Crippen LogP) is 2.58. The number of ether oxygens (including phenoxy) is 1. The molecule has 2 aliphatic rings. The van der Waals surface area contributed by atoms with Gasteiger partial charge in [-0.25, -0.2) is 4.79 Å². The number of nitrogens with zero attached hydrogens (tertiary/aromatic N) is 2. The van der Waals surface area contributed by atoms with E-state index >= 15 is 0 Å². The highest BCUT2D eigenvalue weighted by molar-refractivity contribution is 5.88. The van der Waals surface area contributed by atoms with Crippen molar-refractivity contribution in [1.82, 2.24) is 9.80 Å². The lowest BCUT2D eigenvalue weighted by atomic mass is 9.76. The van der Waals surface area contributed by atoms with Crippen molar-refractivity contribution < 1.29 is 14.3 Å². The zero-order valence-corrected chi connectivity index (χ0v) is 13.2. The zero-order chi connectivity index (χ0) is 16.3. The smallest absolute Gasteiger partial charge is 0.410 e. The largest absolute Gasteiger partial charge is 0.445 e. The first-order valence-corrected chi connectivity index (χ1v) is 8.04. The molecule has 2 aliphatic heterocycles. The van der Waals surface area contributed by atoms with E-state index in [-0.39, 0.29) is 17.5 Å². The van der Waals surface area contributed by atoms with Gasteiger partial charge in [-0.15, -0.1) is 0 Å². The second-order valence-corrected chi connectivity index (χ2v) is 6.20. The lowest BCUT2D eigenvalue weighted by Crippen LogP contribution is -2.65. The summed E-state index contributed by atoms with van der Waals surface area (Å²) in [6, 6.07) is 9.66. The minimum Gasteiger partial charge on any atom is -0.445 e. The molecule has 2 amide bonds. The van der Waals surface area contributed by atoms with Crippen LogP contribution in [0, 0.1) is 0 Å². The predicted molar refractivity (Wildman–Crippen MR) is 86.7 cm³/mol. The zero-order valence-electron chi connectivity index (χ0n) is 13.2. The van der Waals surface area contributed by atoms with Crippen LogP contribution in [0.4, 0.5) is 4.79 Å². The van der Waals surface area contributed by atoms with Gasteiger partial charge in [0.05, 0.1) is 0 Å². The second-order valence-electron chi connectivity index (χ2n) is 6.20. The van der Waals surface area contributed by atoms with Crippen molar-refractivity contribution in [2.75, 3.05) is 19.6 Å². The number of amides is 2. The molecule has 0 bridgehead atoms. The van der Waals surface area contributed by atoms with Crippen LogP contribution in [0.2, 0.25) is 0 Å². The maximum absolute atomic E-state index is 12.2. The molecule has 2 saturated heterocycles. The molecule has 1 spiro atoms. The number of rotatable bonds is 3. The van der Waals surface area contributed by atoms with E-state index in [1.54, 1.807) is 4.90 Å². The molecule has 0 unspecified atom stereocenters. The third kappa shape index (κ3) is 3.09. The van der Waals surface area contributed by atoms with Crippen LogP contribution in [0.25, 0.3) is 0 Å². The maximum atomic E-state index is 12.2. The molecular weight excluding hydrogens is 292 g/mol. The highest BCUT2D eigenvalue weighted by Gasteiger charge is 2.48. The standard InChI is InChI=1S/C18H22N2O3/c1-2-16(21)20-13-10-18(20)8-11-19(12-9-18)17(22)23-14-15-6-4-3-5-7-15/h2-7H,1,8-14H2. The van der Waals surface area contributed by atoms with Crippen molar-refractivity contribution in [3.63, 3.8) is 0 Å². The molecule has 5 nitrogen and oxygen atoms in total. The summed E-state index contributed by atoms with van der Waals surface area (Å²) in [5.41, 5.74) is 0.915. The minimum atomic E-state index is -0.273. The maximum Gasteiger partial charge on any atom is 0.410 e. The fourth-order valence-corrected chi connectivity index (χ4v) is 3.43. The van der Waals surface area contributed by atoms with E-state index < -0.39 is 0 Å². The van der Waals surface area contributed by atoms with E-state index in [0.29, 0.717) is 19.7 Å². The summed E-state index contributed by atoms with van der Waals surface area (Å²) in [7, 11) is 0. The summed E-state index contributed by atoms with van der Waals surface area (Å²) in [5, 5.41) is 0. The molecule has 0 radical (unpaired) electrons. The van der Waals surface area contributed by atoms with Crippen molar-refractivity contribution in [2.45, 2.75) is 31.4 Å². The molecule has 3 rings (SSSR count). The molecule has 0 saturated carbocycles. The number of hydrogen-bond donors (Lipinski definition) is 0. The van der Waals surface area contributed by atoms with Gasteiger partial charge in [-0.1, -0.05) is 36.9 Å². The molecule has 0 aliphatic carbocycles. The number of piperidine rings is 1. The van der Waals surface area contributed by atoms with Gasteiger partial charge in [0, 0.05) is 25.2 Å². The topological polar surface area (TPSA) is 49.9 Å². The summed E-state index contributed by atoms with van der Waals surface area (Å²) in [6.07, 6.45) is 3.74. The molecule has 2 heterocycles. The Morgan fingerprint density at radius 3 is 2.35 bits per heavy atom. The highest BCUT2D eigenvalue weighted by Crippen LogP contribution is 2.40. The van der Waals surface area contributed by atoms with Gasteiger partial charge in [0.15, 0.2) is 0 Å². The normalized spacial score (nSPS) is 19.1. The molecule has 0 N–H and O–H groups in total. The molecule has 1 aromatic rings. The highest BCUT2D eigenvalue weighted by atomic mass is 16.6. The Hall–Kier alpha value is -2.30. The summed E-state index contributed by atoms with van der Waals surface area (Å²) >= 11 is 0. The molecule has 5 heteroatoms. The minimum absolute atomic E-state index is 0.00338. The van der Waals surface area contributed by atoms with E-state index in [4.69, 9.17) is 4.74 Å². The third-order valence-corrected chi connectivity index (χ3v) is 4.97. The van der Waals surface area contributed by atoms with E-state index in [0.717, 1.165) is 31.4 Å². The van der Waals surface area contributed by atoms with Crippen molar-refractivity contribution in [3.05, 3.63) is 48.6 Å². The molecule has 122 valence electrons. The van der Waals surface area contributed by atoms with Gasteiger partial charge in [-0.05, 0) is 30.9 Å². The Balaban J connectivity index is 1.50. The summed E-state index contributed by atoms with van der Waals surface area (Å²) in [4.78, 5) is 27.6. The van der Waals surface area contributed by atoms with Crippen molar-refractivity contribution >= 4 is 12.0 Å². The number of benzene rings is 1. The Morgan fingerprint density at radius 2 is 1.78 bits per heavy atom. The number of likely N-dealkylation sites (tertiary alicyclic amines) is 2. The van der Waals surface area contributed by atoms with Crippen molar-refractivity contribution in [1.29, 1.82) is 0 Å².